The molecular weight excluding hydrogens is 347 g/mol. The van der Waals surface area contributed by atoms with Crippen LogP contribution in [0.1, 0.15) is 71.6 Å². The largest absolute Gasteiger partial charge is 0.374 e. The smallest absolute Gasteiger partial charge is 0.0771 e. The summed E-state index contributed by atoms with van der Waals surface area (Å²) in [4.78, 5) is 0. The molecule has 0 aromatic rings. The fourth-order valence-corrected chi connectivity index (χ4v) is 4.78. The number of halogens is 1. The van der Waals surface area contributed by atoms with Crippen LogP contribution in [0.3, 0.4) is 0 Å². The SMILES string of the molecule is CC(C)C1CCC(CI)(OCC2CCCCC2)CC1. The molecule has 1 nitrogen and oxygen atoms in total. The molecule has 2 heteroatoms. The Balaban J connectivity index is 1.79. The standard InChI is InChI=1S/C17H31IO/c1-14(2)16-8-10-17(13-18,11-9-16)19-12-15-6-4-3-5-7-15/h14-16H,3-13H2,1-2H3. The lowest BCUT2D eigenvalue weighted by Crippen LogP contribution is -2.41. The lowest BCUT2D eigenvalue weighted by Gasteiger charge is -2.41. The molecule has 2 saturated carbocycles. The molecule has 0 saturated heterocycles. The van der Waals surface area contributed by atoms with E-state index < -0.39 is 0 Å². The zero-order chi connectivity index (χ0) is 13.7. The van der Waals surface area contributed by atoms with Gasteiger partial charge in [-0.3, -0.25) is 0 Å². The van der Waals surface area contributed by atoms with E-state index in [9.17, 15) is 0 Å². The van der Waals surface area contributed by atoms with Crippen LogP contribution in [0.25, 0.3) is 0 Å². The van der Waals surface area contributed by atoms with Crippen molar-refractivity contribution < 1.29 is 4.74 Å². The molecule has 0 amide bonds. The molecule has 0 heterocycles. The highest BCUT2D eigenvalue weighted by Crippen LogP contribution is 2.40. The highest BCUT2D eigenvalue weighted by atomic mass is 127. The summed E-state index contributed by atoms with van der Waals surface area (Å²) in [5.41, 5.74) is 0.226. The molecule has 0 aliphatic heterocycles. The Hall–Kier alpha value is 0.690. The van der Waals surface area contributed by atoms with E-state index in [1.54, 1.807) is 0 Å². The van der Waals surface area contributed by atoms with Gasteiger partial charge < -0.3 is 4.74 Å². The first-order valence-corrected chi connectivity index (χ1v) is 9.88. The van der Waals surface area contributed by atoms with Crippen LogP contribution in [-0.2, 0) is 4.74 Å². The van der Waals surface area contributed by atoms with E-state index >= 15 is 0 Å². The molecule has 0 atom stereocenters. The maximum Gasteiger partial charge on any atom is 0.0771 e. The van der Waals surface area contributed by atoms with Crippen molar-refractivity contribution >= 4 is 22.6 Å². The van der Waals surface area contributed by atoms with Gasteiger partial charge in [0.05, 0.1) is 12.2 Å². The normalized spacial score (nSPS) is 33.8. The summed E-state index contributed by atoms with van der Waals surface area (Å²) in [6.07, 6.45) is 12.5. The van der Waals surface area contributed by atoms with Crippen molar-refractivity contribution in [2.45, 2.75) is 77.2 Å². The first-order valence-electron chi connectivity index (χ1n) is 8.35. The number of alkyl halides is 1. The molecule has 19 heavy (non-hydrogen) atoms. The van der Waals surface area contributed by atoms with E-state index in [2.05, 4.69) is 36.4 Å². The van der Waals surface area contributed by atoms with Gasteiger partial charge in [0.15, 0.2) is 0 Å². The van der Waals surface area contributed by atoms with Crippen molar-refractivity contribution in [2.75, 3.05) is 11.0 Å². The molecule has 0 radical (unpaired) electrons. The third-order valence-electron chi connectivity index (χ3n) is 5.48. The monoisotopic (exact) mass is 378 g/mol. The predicted octanol–water partition coefficient (Wildman–Crippen LogP) is 5.60. The molecule has 112 valence electrons. The molecule has 0 aromatic carbocycles. The minimum absolute atomic E-state index is 0.226. The Morgan fingerprint density at radius 3 is 2.21 bits per heavy atom. The number of hydrogen-bond acceptors (Lipinski definition) is 1. The van der Waals surface area contributed by atoms with Crippen LogP contribution in [-0.4, -0.2) is 16.6 Å². The number of rotatable bonds is 5. The molecule has 0 bridgehead atoms. The van der Waals surface area contributed by atoms with Crippen LogP contribution in [0.4, 0.5) is 0 Å². The molecule has 2 fully saturated rings. The van der Waals surface area contributed by atoms with Crippen molar-refractivity contribution in [3.63, 3.8) is 0 Å². The summed E-state index contributed by atoms with van der Waals surface area (Å²) in [5.74, 6) is 2.65. The second-order valence-electron chi connectivity index (χ2n) is 7.21. The van der Waals surface area contributed by atoms with Crippen LogP contribution in [0.2, 0.25) is 0 Å². The molecule has 0 spiro atoms. The average molecular weight is 378 g/mol. The molecular formula is C17H31IO. The number of ether oxygens (including phenoxy) is 1. The van der Waals surface area contributed by atoms with Crippen LogP contribution in [0.15, 0.2) is 0 Å². The highest BCUT2D eigenvalue weighted by Gasteiger charge is 2.36. The minimum atomic E-state index is 0.226. The zero-order valence-corrected chi connectivity index (χ0v) is 15.0. The van der Waals surface area contributed by atoms with Crippen molar-refractivity contribution in [2.24, 2.45) is 17.8 Å². The molecule has 0 unspecified atom stereocenters. The fourth-order valence-electron chi connectivity index (χ4n) is 3.80. The molecule has 0 aromatic heterocycles. The molecule has 0 N–H and O–H groups in total. The van der Waals surface area contributed by atoms with E-state index in [1.807, 2.05) is 0 Å². The topological polar surface area (TPSA) is 9.23 Å². The van der Waals surface area contributed by atoms with E-state index in [-0.39, 0.29) is 5.60 Å². The van der Waals surface area contributed by atoms with Crippen molar-refractivity contribution in [3.8, 4) is 0 Å². The van der Waals surface area contributed by atoms with Gasteiger partial charge in [0.1, 0.15) is 0 Å². The second-order valence-corrected chi connectivity index (χ2v) is 7.98. The third-order valence-corrected chi connectivity index (χ3v) is 6.87. The predicted molar refractivity (Wildman–Crippen MR) is 90.9 cm³/mol. The van der Waals surface area contributed by atoms with E-state index in [0.29, 0.717) is 0 Å². The fraction of sp³-hybridized carbons (Fsp3) is 1.00. The summed E-state index contributed by atoms with van der Waals surface area (Å²) < 4.78 is 7.66. The first-order chi connectivity index (χ1) is 9.15. The van der Waals surface area contributed by atoms with Crippen molar-refractivity contribution in [3.05, 3.63) is 0 Å². The summed E-state index contributed by atoms with van der Waals surface area (Å²) >= 11 is 2.55. The molecule has 2 aliphatic carbocycles. The lowest BCUT2D eigenvalue weighted by atomic mass is 9.75. The third kappa shape index (κ3) is 4.59. The maximum absolute atomic E-state index is 6.48. The van der Waals surface area contributed by atoms with Gasteiger partial charge in [-0.1, -0.05) is 55.7 Å². The van der Waals surface area contributed by atoms with Gasteiger partial charge in [-0.05, 0) is 56.3 Å². The summed E-state index contributed by atoms with van der Waals surface area (Å²) in [7, 11) is 0. The van der Waals surface area contributed by atoms with Gasteiger partial charge in [-0.15, -0.1) is 0 Å². The first kappa shape index (κ1) is 16.1. The van der Waals surface area contributed by atoms with Crippen molar-refractivity contribution in [1.29, 1.82) is 0 Å². The minimum Gasteiger partial charge on any atom is -0.374 e. The lowest BCUT2D eigenvalue weighted by molar-refractivity contribution is -0.0786. The second kappa shape index (κ2) is 7.63. The zero-order valence-electron chi connectivity index (χ0n) is 12.8. The number of hydrogen-bond donors (Lipinski definition) is 0. The summed E-state index contributed by atoms with van der Waals surface area (Å²) in [5, 5.41) is 0. The van der Waals surface area contributed by atoms with E-state index in [4.69, 9.17) is 4.74 Å². The van der Waals surface area contributed by atoms with Crippen LogP contribution < -0.4 is 0 Å². The van der Waals surface area contributed by atoms with Crippen LogP contribution >= 0.6 is 22.6 Å². The van der Waals surface area contributed by atoms with Gasteiger partial charge in [0.25, 0.3) is 0 Å². The molecule has 2 rings (SSSR count). The summed E-state index contributed by atoms with van der Waals surface area (Å²) in [6.45, 7) is 5.80. The summed E-state index contributed by atoms with van der Waals surface area (Å²) in [6, 6.07) is 0. The highest BCUT2D eigenvalue weighted by molar-refractivity contribution is 14.1. The Bertz CT molecular complexity index is 250. The van der Waals surface area contributed by atoms with Crippen LogP contribution in [0.5, 0.6) is 0 Å². The van der Waals surface area contributed by atoms with E-state index in [1.165, 1.54) is 62.2 Å². The Morgan fingerprint density at radius 2 is 1.68 bits per heavy atom. The Labute approximate surface area is 133 Å². The van der Waals surface area contributed by atoms with Gasteiger partial charge in [0.2, 0.25) is 0 Å². The Kier molecular flexibility index (Phi) is 6.45. The van der Waals surface area contributed by atoms with Crippen molar-refractivity contribution in [1.82, 2.24) is 0 Å². The van der Waals surface area contributed by atoms with Gasteiger partial charge in [-0.25, -0.2) is 0 Å². The average Bonchev–Trinajstić information content (AvgIpc) is 2.46. The van der Waals surface area contributed by atoms with Gasteiger partial charge in [-0.2, -0.15) is 0 Å². The molecule has 2 aliphatic rings. The van der Waals surface area contributed by atoms with Gasteiger partial charge >= 0.3 is 0 Å². The van der Waals surface area contributed by atoms with Crippen LogP contribution in [0, 0.1) is 17.8 Å². The quantitative estimate of drug-likeness (QED) is 0.447. The van der Waals surface area contributed by atoms with E-state index in [0.717, 1.165) is 24.4 Å². The maximum atomic E-state index is 6.48. The Morgan fingerprint density at radius 1 is 1.05 bits per heavy atom. The van der Waals surface area contributed by atoms with Gasteiger partial charge in [0, 0.05) is 4.43 Å².